The molecule has 0 radical (unpaired) electrons. The third kappa shape index (κ3) is 2.14. The van der Waals surface area contributed by atoms with Crippen LogP contribution in [0.2, 0.25) is 0 Å². The Morgan fingerprint density at radius 2 is 2.11 bits per heavy atom. The summed E-state index contributed by atoms with van der Waals surface area (Å²) in [5.74, 6) is 0.167. The van der Waals surface area contributed by atoms with E-state index in [2.05, 4.69) is 4.98 Å². The summed E-state index contributed by atoms with van der Waals surface area (Å²) in [5, 5.41) is 1.04. The standard InChI is InChI=1S/C15H16N2O2/c1-10(18)12-6-7-17(9-12)15(19)14-8-11-4-2-3-5-13(11)16-14/h2-5,8,12,16H,6-7,9H2,1H3/t12-/m1/s1. The Hall–Kier alpha value is -2.10. The number of aromatic nitrogens is 1. The number of para-hydroxylation sites is 1. The molecule has 2 heterocycles. The molecule has 2 aromatic rings. The van der Waals surface area contributed by atoms with Crippen molar-refractivity contribution in [2.75, 3.05) is 13.1 Å². The molecule has 4 heteroatoms. The van der Waals surface area contributed by atoms with E-state index in [9.17, 15) is 9.59 Å². The largest absolute Gasteiger partial charge is 0.351 e. The summed E-state index contributed by atoms with van der Waals surface area (Å²) in [4.78, 5) is 28.6. The molecule has 1 fully saturated rings. The number of ketones is 1. The first-order chi connectivity index (χ1) is 9.15. The molecule has 1 aromatic heterocycles. The SMILES string of the molecule is CC(=O)[C@@H]1CCN(C(=O)c2cc3ccccc3[nH]2)C1. The highest BCUT2D eigenvalue weighted by Gasteiger charge is 2.29. The molecule has 1 aromatic carbocycles. The Morgan fingerprint density at radius 3 is 2.79 bits per heavy atom. The molecule has 1 atom stereocenters. The number of amides is 1. The summed E-state index contributed by atoms with van der Waals surface area (Å²) in [6.07, 6.45) is 0.779. The van der Waals surface area contributed by atoms with Gasteiger partial charge in [-0.05, 0) is 25.5 Å². The van der Waals surface area contributed by atoms with E-state index in [1.165, 1.54) is 0 Å². The number of nitrogens with one attached hydrogen (secondary N) is 1. The normalized spacial score (nSPS) is 19.0. The van der Waals surface area contributed by atoms with Crippen molar-refractivity contribution in [2.24, 2.45) is 5.92 Å². The van der Waals surface area contributed by atoms with Crippen molar-refractivity contribution < 1.29 is 9.59 Å². The minimum atomic E-state index is -0.0139. The number of fused-ring (bicyclic) bond motifs is 1. The van der Waals surface area contributed by atoms with Crippen molar-refractivity contribution in [3.8, 4) is 0 Å². The summed E-state index contributed by atoms with van der Waals surface area (Å²) in [7, 11) is 0. The van der Waals surface area contributed by atoms with Gasteiger partial charge in [-0.25, -0.2) is 0 Å². The lowest BCUT2D eigenvalue weighted by molar-refractivity contribution is -0.120. The molecule has 1 saturated heterocycles. The lowest BCUT2D eigenvalue weighted by Gasteiger charge is -2.14. The number of hydrogen-bond acceptors (Lipinski definition) is 2. The van der Waals surface area contributed by atoms with E-state index in [1.54, 1.807) is 11.8 Å². The zero-order valence-corrected chi connectivity index (χ0v) is 10.8. The number of rotatable bonds is 2. The van der Waals surface area contributed by atoms with Crippen LogP contribution in [-0.4, -0.2) is 34.7 Å². The van der Waals surface area contributed by atoms with Crippen LogP contribution in [0.1, 0.15) is 23.8 Å². The molecule has 19 heavy (non-hydrogen) atoms. The number of carbonyl (C=O) groups excluding carboxylic acids is 2. The maximum atomic E-state index is 12.4. The van der Waals surface area contributed by atoms with E-state index >= 15 is 0 Å². The van der Waals surface area contributed by atoms with Crippen molar-refractivity contribution in [3.05, 3.63) is 36.0 Å². The molecule has 0 unspecified atom stereocenters. The lowest BCUT2D eigenvalue weighted by atomic mass is 10.1. The number of nitrogens with zero attached hydrogens (tertiary/aromatic N) is 1. The Morgan fingerprint density at radius 1 is 1.32 bits per heavy atom. The molecule has 4 nitrogen and oxygen atoms in total. The second-order valence-electron chi connectivity index (χ2n) is 5.12. The number of likely N-dealkylation sites (tertiary alicyclic amines) is 1. The van der Waals surface area contributed by atoms with Crippen LogP contribution in [-0.2, 0) is 4.79 Å². The molecule has 98 valence electrons. The van der Waals surface area contributed by atoms with Gasteiger partial charge in [-0.3, -0.25) is 9.59 Å². The highest BCUT2D eigenvalue weighted by atomic mass is 16.2. The number of hydrogen-bond donors (Lipinski definition) is 1. The van der Waals surface area contributed by atoms with Crippen LogP contribution in [0, 0.1) is 5.92 Å². The third-order valence-corrected chi connectivity index (χ3v) is 3.81. The van der Waals surface area contributed by atoms with Crippen LogP contribution in [0.15, 0.2) is 30.3 Å². The first-order valence-electron chi connectivity index (χ1n) is 6.52. The number of Topliss-reactive ketones (excluding diaryl/α,β-unsaturated/α-hetero) is 1. The summed E-state index contributed by atoms with van der Waals surface area (Å²) >= 11 is 0. The fourth-order valence-electron chi connectivity index (χ4n) is 2.64. The first kappa shape index (κ1) is 12.0. The third-order valence-electron chi connectivity index (χ3n) is 3.81. The van der Waals surface area contributed by atoms with Crippen LogP contribution < -0.4 is 0 Å². The van der Waals surface area contributed by atoms with Crippen LogP contribution in [0.25, 0.3) is 10.9 Å². The molecule has 0 saturated carbocycles. The van der Waals surface area contributed by atoms with Gasteiger partial charge in [-0.15, -0.1) is 0 Å². The Labute approximate surface area is 111 Å². The zero-order valence-electron chi connectivity index (χ0n) is 10.8. The molecule has 3 rings (SSSR count). The summed E-state index contributed by atoms with van der Waals surface area (Å²) in [6.45, 7) is 2.81. The van der Waals surface area contributed by atoms with E-state index in [0.717, 1.165) is 17.3 Å². The van der Waals surface area contributed by atoms with Gasteiger partial charge in [0.2, 0.25) is 0 Å². The maximum Gasteiger partial charge on any atom is 0.270 e. The van der Waals surface area contributed by atoms with Crippen molar-refractivity contribution in [3.63, 3.8) is 0 Å². The van der Waals surface area contributed by atoms with Gasteiger partial charge >= 0.3 is 0 Å². The number of benzene rings is 1. The van der Waals surface area contributed by atoms with Crippen molar-refractivity contribution in [2.45, 2.75) is 13.3 Å². The second-order valence-corrected chi connectivity index (χ2v) is 5.12. The van der Waals surface area contributed by atoms with Gasteiger partial charge in [0.05, 0.1) is 0 Å². The minimum absolute atomic E-state index is 0.00771. The topological polar surface area (TPSA) is 53.2 Å². The summed E-state index contributed by atoms with van der Waals surface area (Å²) in [6, 6.07) is 9.69. The van der Waals surface area contributed by atoms with E-state index in [1.807, 2.05) is 30.3 Å². The highest BCUT2D eigenvalue weighted by Crippen LogP contribution is 2.21. The Bertz CT molecular complexity index is 611. The van der Waals surface area contributed by atoms with Gasteiger partial charge < -0.3 is 9.88 Å². The molecular formula is C15H16N2O2. The van der Waals surface area contributed by atoms with E-state index in [-0.39, 0.29) is 17.6 Å². The van der Waals surface area contributed by atoms with Crippen molar-refractivity contribution >= 4 is 22.6 Å². The fraction of sp³-hybridized carbons (Fsp3) is 0.333. The average Bonchev–Trinajstić information content (AvgIpc) is 3.04. The fourth-order valence-corrected chi connectivity index (χ4v) is 2.64. The maximum absolute atomic E-state index is 12.4. The summed E-state index contributed by atoms with van der Waals surface area (Å²) in [5.41, 5.74) is 1.57. The quantitative estimate of drug-likeness (QED) is 0.895. The monoisotopic (exact) mass is 256 g/mol. The van der Waals surface area contributed by atoms with E-state index in [0.29, 0.717) is 18.8 Å². The number of aromatic amines is 1. The van der Waals surface area contributed by atoms with Gasteiger partial charge in [0, 0.05) is 29.9 Å². The zero-order chi connectivity index (χ0) is 13.4. The summed E-state index contributed by atoms with van der Waals surface area (Å²) < 4.78 is 0. The number of carbonyl (C=O) groups is 2. The van der Waals surface area contributed by atoms with Crippen LogP contribution in [0.3, 0.4) is 0 Å². The number of H-pyrrole nitrogens is 1. The molecule has 0 aliphatic carbocycles. The van der Waals surface area contributed by atoms with Gasteiger partial charge in [0.15, 0.2) is 0 Å². The Kier molecular flexibility index (Phi) is 2.85. The molecule has 0 bridgehead atoms. The van der Waals surface area contributed by atoms with Gasteiger partial charge in [0.25, 0.3) is 5.91 Å². The van der Waals surface area contributed by atoms with Crippen molar-refractivity contribution in [1.82, 2.24) is 9.88 Å². The molecule has 1 N–H and O–H groups in total. The van der Waals surface area contributed by atoms with E-state index < -0.39 is 0 Å². The Balaban J connectivity index is 1.82. The molecular weight excluding hydrogens is 240 g/mol. The molecule has 1 aliphatic rings. The smallest absolute Gasteiger partial charge is 0.270 e. The molecule has 1 aliphatic heterocycles. The van der Waals surface area contributed by atoms with Crippen LogP contribution >= 0.6 is 0 Å². The molecule has 0 spiro atoms. The minimum Gasteiger partial charge on any atom is -0.351 e. The highest BCUT2D eigenvalue weighted by molar-refractivity contribution is 5.98. The van der Waals surface area contributed by atoms with Crippen molar-refractivity contribution in [1.29, 1.82) is 0 Å². The second kappa shape index (κ2) is 4.53. The predicted molar refractivity (Wildman–Crippen MR) is 73.0 cm³/mol. The van der Waals surface area contributed by atoms with Crippen LogP contribution in [0.5, 0.6) is 0 Å². The lowest BCUT2D eigenvalue weighted by Crippen LogP contribution is -2.29. The average molecular weight is 256 g/mol. The predicted octanol–water partition coefficient (Wildman–Crippen LogP) is 2.22. The molecule has 1 amide bonds. The first-order valence-corrected chi connectivity index (χ1v) is 6.52. The van der Waals surface area contributed by atoms with Gasteiger partial charge in [0.1, 0.15) is 11.5 Å². The van der Waals surface area contributed by atoms with Gasteiger partial charge in [-0.1, -0.05) is 18.2 Å². The van der Waals surface area contributed by atoms with Gasteiger partial charge in [-0.2, -0.15) is 0 Å². The van der Waals surface area contributed by atoms with Crippen LogP contribution in [0.4, 0.5) is 0 Å². The van der Waals surface area contributed by atoms with E-state index in [4.69, 9.17) is 0 Å².